The van der Waals surface area contributed by atoms with Gasteiger partial charge in [-0.25, -0.2) is 0 Å². The first-order valence-electron chi connectivity index (χ1n) is 8.82. The molecular formula is C18H31NO. The average Bonchev–Trinajstić information content (AvgIpc) is 3.07. The van der Waals surface area contributed by atoms with Gasteiger partial charge in [-0.3, -0.25) is 0 Å². The third kappa shape index (κ3) is 3.37. The minimum absolute atomic E-state index is 0.376. The number of hydrogen-bond donors (Lipinski definition) is 1. The topological polar surface area (TPSA) is 44.0 Å². The molecular weight excluding hydrogens is 246 g/mol. The van der Waals surface area contributed by atoms with Crippen LogP contribution < -0.4 is 0 Å². The first-order chi connectivity index (χ1) is 9.73. The fourth-order valence-corrected chi connectivity index (χ4v) is 4.54. The van der Waals surface area contributed by atoms with Crippen LogP contribution in [0.5, 0.6) is 0 Å². The van der Waals surface area contributed by atoms with Crippen molar-refractivity contribution < 1.29 is 5.11 Å². The van der Waals surface area contributed by atoms with E-state index >= 15 is 0 Å². The Morgan fingerprint density at radius 1 is 1.15 bits per heavy atom. The highest BCUT2D eigenvalue weighted by Gasteiger charge is 2.54. The molecule has 2 aliphatic carbocycles. The van der Waals surface area contributed by atoms with Crippen molar-refractivity contribution in [2.75, 3.05) is 0 Å². The second-order valence-electron chi connectivity index (χ2n) is 7.16. The molecule has 2 aliphatic rings. The average molecular weight is 277 g/mol. The SMILES string of the molecule is CCCCCCCCCC(O)C1(C#N)CC2CCC1C2. The zero-order valence-corrected chi connectivity index (χ0v) is 13.1. The van der Waals surface area contributed by atoms with Gasteiger partial charge in [-0.05, 0) is 37.5 Å². The van der Waals surface area contributed by atoms with Gasteiger partial charge in [0.25, 0.3) is 0 Å². The summed E-state index contributed by atoms with van der Waals surface area (Å²) in [6.07, 6.45) is 14.0. The van der Waals surface area contributed by atoms with E-state index in [1.54, 1.807) is 0 Å². The van der Waals surface area contributed by atoms with Crippen LogP contribution in [0.2, 0.25) is 0 Å². The Morgan fingerprint density at radius 2 is 1.85 bits per heavy atom. The summed E-state index contributed by atoms with van der Waals surface area (Å²) >= 11 is 0. The van der Waals surface area contributed by atoms with E-state index in [-0.39, 0.29) is 11.5 Å². The minimum Gasteiger partial charge on any atom is -0.391 e. The molecule has 2 bridgehead atoms. The molecule has 0 aromatic carbocycles. The Bertz CT molecular complexity index is 335. The van der Waals surface area contributed by atoms with Crippen molar-refractivity contribution >= 4 is 0 Å². The van der Waals surface area contributed by atoms with E-state index in [9.17, 15) is 10.4 Å². The van der Waals surface area contributed by atoms with E-state index < -0.39 is 0 Å². The molecule has 0 aromatic rings. The van der Waals surface area contributed by atoms with E-state index in [0.717, 1.165) is 25.2 Å². The van der Waals surface area contributed by atoms with Crippen LogP contribution >= 0.6 is 0 Å². The van der Waals surface area contributed by atoms with Crippen molar-refractivity contribution in [1.82, 2.24) is 0 Å². The molecule has 4 unspecified atom stereocenters. The van der Waals surface area contributed by atoms with Crippen LogP contribution in [0, 0.1) is 28.6 Å². The number of hydrogen-bond acceptors (Lipinski definition) is 2. The molecule has 2 rings (SSSR count). The van der Waals surface area contributed by atoms with Gasteiger partial charge >= 0.3 is 0 Å². The monoisotopic (exact) mass is 277 g/mol. The molecule has 20 heavy (non-hydrogen) atoms. The molecule has 1 N–H and O–H groups in total. The maximum atomic E-state index is 10.5. The predicted octanol–water partition coefficient (Wildman–Crippen LogP) is 4.82. The fraction of sp³-hybridized carbons (Fsp3) is 0.944. The molecule has 0 spiro atoms. The standard InChI is InChI=1S/C18H31NO/c1-2-3-4-5-6-7-8-9-17(20)18(14-19)13-15-10-11-16(18)12-15/h15-17,20H,2-13H2,1H3. The highest BCUT2D eigenvalue weighted by Crippen LogP contribution is 2.57. The number of rotatable bonds is 9. The molecule has 114 valence electrons. The molecule has 0 aromatic heterocycles. The van der Waals surface area contributed by atoms with Crippen molar-refractivity contribution in [1.29, 1.82) is 5.26 Å². The van der Waals surface area contributed by atoms with Gasteiger partial charge in [0.2, 0.25) is 0 Å². The van der Waals surface area contributed by atoms with Gasteiger partial charge in [0, 0.05) is 0 Å². The number of aliphatic hydroxyl groups is 1. The lowest BCUT2D eigenvalue weighted by atomic mass is 9.69. The molecule has 0 saturated heterocycles. The van der Waals surface area contributed by atoms with Crippen LogP contribution in [0.1, 0.15) is 84.0 Å². The van der Waals surface area contributed by atoms with Crippen molar-refractivity contribution in [3.63, 3.8) is 0 Å². The second-order valence-corrected chi connectivity index (χ2v) is 7.16. The minimum atomic E-state index is -0.384. The van der Waals surface area contributed by atoms with Gasteiger partial charge in [0.1, 0.15) is 0 Å². The predicted molar refractivity (Wildman–Crippen MR) is 82.1 cm³/mol. The summed E-state index contributed by atoms with van der Waals surface area (Å²) in [5.41, 5.74) is -0.384. The molecule has 2 nitrogen and oxygen atoms in total. The molecule has 0 amide bonds. The first-order valence-corrected chi connectivity index (χ1v) is 8.82. The maximum Gasteiger partial charge on any atom is 0.0862 e. The highest BCUT2D eigenvalue weighted by atomic mass is 16.3. The quantitative estimate of drug-likeness (QED) is 0.614. The van der Waals surface area contributed by atoms with Gasteiger partial charge in [-0.1, -0.05) is 58.3 Å². The van der Waals surface area contributed by atoms with E-state index in [1.165, 1.54) is 57.8 Å². The summed E-state index contributed by atoms with van der Waals surface area (Å²) in [7, 11) is 0. The molecule has 4 atom stereocenters. The van der Waals surface area contributed by atoms with Gasteiger partial charge in [0.05, 0.1) is 17.6 Å². The van der Waals surface area contributed by atoms with Crippen LogP contribution in [0.25, 0.3) is 0 Å². The Balaban J connectivity index is 1.67. The van der Waals surface area contributed by atoms with Crippen molar-refractivity contribution in [2.24, 2.45) is 17.3 Å². The van der Waals surface area contributed by atoms with Crippen LogP contribution in [0.4, 0.5) is 0 Å². The Labute approximate surface area is 124 Å². The molecule has 2 saturated carbocycles. The highest BCUT2D eigenvalue weighted by molar-refractivity contribution is 5.14. The van der Waals surface area contributed by atoms with Gasteiger partial charge in [-0.15, -0.1) is 0 Å². The Morgan fingerprint density at radius 3 is 2.40 bits per heavy atom. The summed E-state index contributed by atoms with van der Waals surface area (Å²) in [4.78, 5) is 0. The molecule has 0 radical (unpaired) electrons. The van der Waals surface area contributed by atoms with Gasteiger partial charge in [-0.2, -0.15) is 5.26 Å². The number of unbranched alkanes of at least 4 members (excludes halogenated alkanes) is 6. The van der Waals surface area contributed by atoms with E-state index in [4.69, 9.17) is 0 Å². The summed E-state index contributed by atoms with van der Waals surface area (Å²) in [5.74, 6) is 1.21. The fourth-order valence-electron chi connectivity index (χ4n) is 4.54. The Kier molecular flexibility index (Phi) is 5.90. The second kappa shape index (κ2) is 7.46. The number of nitrogens with zero attached hydrogens (tertiary/aromatic N) is 1. The normalized spacial score (nSPS) is 33.2. The van der Waals surface area contributed by atoms with Gasteiger partial charge < -0.3 is 5.11 Å². The van der Waals surface area contributed by atoms with Crippen LogP contribution in [0.3, 0.4) is 0 Å². The number of aliphatic hydroxyl groups excluding tert-OH is 1. The lowest BCUT2D eigenvalue weighted by Gasteiger charge is -2.35. The number of nitriles is 1. The number of fused-ring (bicyclic) bond motifs is 2. The van der Waals surface area contributed by atoms with Crippen molar-refractivity contribution in [3.05, 3.63) is 0 Å². The van der Waals surface area contributed by atoms with Crippen LogP contribution in [0.15, 0.2) is 0 Å². The van der Waals surface area contributed by atoms with Crippen LogP contribution in [-0.4, -0.2) is 11.2 Å². The van der Waals surface area contributed by atoms with Crippen LogP contribution in [-0.2, 0) is 0 Å². The summed E-state index contributed by atoms with van der Waals surface area (Å²) in [6, 6.07) is 2.53. The van der Waals surface area contributed by atoms with Crippen molar-refractivity contribution in [3.8, 4) is 6.07 Å². The summed E-state index contributed by atoms with van der Waals surface area (Å²) in [5, 5.41) is 20.1. The largest absolute Gasteiger partial charge is 0.391 e. The lowest BCUT2D eigenvalue weighted by molar-refractivity contribution is 0.0170. The molecule has 2 fully saturated rings. The summed E-state index contributed by atoms with van der Waals surface area (Å²) in [6.45, 7) is 2.24. The van der Waals surface area contributed by atoms with E-state index in [1.807, 2.05) is 0 Å². The van der Waals surface area contributed by atoms with E-state index in [2.05, 4.69) is 13.0 Å². The maximum absolute atomic E-state index is 10.5. The first kappa shape index (κ1) is 15.8. The van der Waals surface area contributed by atoms with Gasteiger partial charge in [0.15, 0.2) is 0 Å². The lowest BCUT2D eigenvalue weighted by Crippen LogP contribution is -2.38. The van der Waals surface area contributed by atoms with E-state index in [0.29, 0.717) is 5.92 Å². The zero-order valence-electron chi connectivity index (χ0n) is 13.1. The molecule has 2 heteroatoms. The molecule has 0 aliphatic heterocycles. The third-order valence-corrected chi connectivity index (χ3v) is 5.78. The summed E-state index contributed by atoms with van der Waals surface area (Å²) < 4.78 is 0. The molecule has 0 heterocycles. The smallest absolute Gasteiger partial charge is 0.0862 e. The Hall–Kier alpha value is -0.550. The van der Waals surface area contributed by atoms with Crippen molar-refractivity contribution in [2.45, 2.75) is 90.1 Å². The third-order valence-electron chi connectivity index (χ3n) is 5.78. The zero-order chi connectivity index (χ0) is 14.4.